The van der Waals surface area contributed by atoms with E-state index in [-0.39, 0.29) is 0 Å². The zero-order valence-corrected chi connectivity index (χ0v) is 8.79. The molecule has 1 saturated carbocycles. The number of rotatable bonds is 4. The number of H-pyrrole nitrogens is 1. The van der Waals surface area contributed by atoms with Gasteiger partial charge in [-0.25, -0.2) is 4.98 Å². The number of aromatic nitrogens is 2. The molecule has 0 radical (unpaired) electrons. The van der Waals surface area contributed by atoms with Crippen LogP contribution in [-0.2, 0) is 6.54 Å². The van der Waals surface area contributed by atoms with Gasteiger partial charge in [-0.15, -0.1) is 0 Å². The lowest BCUT2D eigenvalue weighted by molar-refractivity contribution is 0.386. The molecule has 78 valence electrons. The fraction of sp³-hybridized carbons (Fsp3) is 0.727. The molecule has 0 saturated heterocycles. The summed E-state index contributed by atoms with van der Waals surface area (Å²) in [5.41, 5.74) is 0. The van der Waals surface area contributed by atoms with Crippen molar-refractivity contribution >= 4 is 0 Å². The lowest BCUT2D eigenvalue weighted by atomic mass is 10.0. The molecule has 1 aromatic heterocycles. The highest BCUT2D eigenvalue weighted by atomic mass is 15.0. The Morgan fingerprint density at radius 1 is 1.57 bits per heavy atom. The van der Waals surface area contributed by atoms with Crippen LogP contribution in [-0.4, -0.2) is 16.0 Å². The zero-order valence-electron chi connectivity index (χ0n) is 8.79. The molecule has 14 heavy (non-hydrogen) atoms. The van der Waals surface area contributed by atoms with Gasteiger partial charge in [-0.05, 0) is 18.8 Å². The highest BCUT2D eigenvalue weighted by Gasteiger charge is 2.24. The van der Waals surface area contributed by atoms with Crippen molar-refractivity contribution in [1.82, 2.24) is 15.3 Å². The van der Waals surface area contributed by atoms with Gasteiger partial charge in [0.1, 0.15) is 5.82 Å². The molecule has 3 nitrogen and oxygen atoms in total. The molecule has 1 heterocycles. The Kier molecular flexibility index (Phi) is 3.19. The van der Waals surface area contributed by atoms with Crippen LogP contribution in [0.1, 0.15) is 38.4 Å². The second-order valence-electron chi connectivity index (χ2n) is 4.12. The first-order valence-corrected chi connectivity index (χ1v) is 5.61. The van der Waals surface area contributed by atoms with Gasteiger partial charge < -0.3 is 10.3 Å². The SMILES string of the molecule is CCC1CCCC1NCc1ncc[nH]1. The molecule has 0 aromatic carbocycles. The summed E-state index contributed by atoms with van der Waals surface area (Å²) in [4.78, 5) is 7.33. The maximum atomic E-state index is 4.21. The zero-order chi connectivity index (χ0) is 9.80. The summed E-state index contributed by atoms with van der Waals surface area (Å²) in [6.45, 7) is 3.17. The summed E-state index contributed by atoms with van der Waals surface area (Å²) in [5.74, 6) is 1.93. The van der Waals surface area contributed by atoms with Gasteiger partial charge in [0.25, 0.3) is 0 Å². The lowest BCUT2D eigenvalue weighted by Gasteiger charge is -2.18. The van der Waals surface area contributed by atoms with Gasteiger partial charge in [0.15, 0.2) is 0 Å². The van der Waals surface area contributed by atoms with E-state index < -0.39 is 0 Å². The minimum atomic E-state index is 0.713. The normalized spacial score (nSPS) is 26.9. The average Bonchev–Trinajstić information content (AvgIpc) is 2.85. The standard InChI is InChI=1S/C11H19N3/c1-2-9-4-3-5-10(9)14-8-11-12-6-7-13-11/h6-7,9-10,14H,2-5,8H2,1H3,(H,12,13). The van der Waals surface area contributed by atoms with Gasteiger partial charge in [-0.3, -0.25) is 0 Å². The number of hydrogen-bond acceptors (Lipinski definition) is 2. The number of hydrogen-bond donors (Lipinski definition) is 2. The minimum absolute atomic E-state index is 0.713. The van der Waals surface area contributed by atoms with Crippen molar-refractivity contribution in [1.29, 1.82) is 0 Å². The molecule has 1 aliphatic rings. The van der Waals surface area contributed by atoms with E-state index in [1.807, 2.05) is 12.4 Å². The van der Waals surface area contributed by atoms with Crippen molar-refractivity contribution < 1.29 is 0 Å². The highest BCUT2D eigenvalue weighted by Crippen LogP contribution is 2.28. The Morgan fingerprint density at radius 2 is 2.50 bits per heavy atom. The smallest absolute Gasteiger partial charge is 0.120 e. The topological polar surface area (TPSA) is 40.7 Å². The second kappa shape index (κ2) is 4.60. The molecular weight excluding hydrogens is 174 g/mol. The third-order valence-electron chi connectivity index (χ3n) is 3.27. The largest absolute Gasteiger partial charge is 0.348 e. The number of nitrogens with one attached hydrogen (secondary N) is 2. The Labute approximate surface area is 85.3 Å². The van der Waals surface area contributed by atoms with E-state index in [2.05, 4.69) is 22.2 Å². The summed E-state index contributed by atoms with van der Waals surface area (Å²) >= 11 is 0. The molecule has 0 amide bonds. The van der Waals surface area contributed by atoms with E-state index in [1.165, 1.54) is 25.7 Å². The summed E-state index contributed by atoms with van der Waals surface area (Å²) in [5, 5.41) is 3.59. The van der Waals surface area contributed by atoms with Crippen LogP contribution in [0.25, 0.3) is 0 Å². The van der Waals surface area contributed by atoms with E-state index in [0.717, 1.165) is 18.3 Å². The predicted octanol–water partition coefficient (Wildman–Crippen LogP) is 2.08. The molecule has 2 N–H and O–H groups in total. The van der Waals surface area contributed by atoms with Crippen LogP contribution in [0.2, 0.25) is 0 Å². The molecule has 0 spiro atoms. The van der Waals surface area contributed by atoms with Crippen LogP contribution >= 0.6 is 0 Å². The van der Waals surface area contributed by atoms with Crippen LogP contribution in [0.5, 0.6) is 0 Å². The molecule has 3 heteroatoms. The predicted molar refractivity (Wildman–Crippen MR) is 56.8 cm³/mol. The van der Waals surface area contributed by atoms with E-state index in [0.29, 0.717) is 6.04 Å². The lowest BCUT2D eigenvalue weighted by Crippen LogP contribution is -2.31. The molecular formula is C11H19N3. The van der Waals surface area contributed by atoms with E-state index >= 15 is 0 Å². The maximum Gasteiger partial charge on any atom is 0.120 e. The molecule has 1 aliphatic carbocycles. The van der Waals surface area contributed by atoms with Gasteiger partial charge >= 0.3 is 0 Å². The van der Waals surface area contributed by atoms with Crippen molar-refractivity contribution in [3.63, 3.8) is 0 Å². The van der Waals surface area contributed by atoms with Crippen LogP contribution in [0.3, 0.4) is 0 Å². The van der Waals surface area contributed by atoms with Crippen LogP contribution < -0.4 is 5.32 Å². The third-order valence-corrected chi connectivity index (χ3v) is 3.27. The first-order chi connectivity index (χ1) is 6.90. The Hall–Kier alpha value is -0.830. The van der Waals surface area contributed by atoms with Crippen LogP contribution in [0.4, 0.5) is 0 Å². The molecule has 0 bridgehead atoms. The second-order valence-corrected chi connectivity index (χ2v) is 4.12. The summed E-state index contributed by atoms with van der Waals surface area (Å²) < 4.78 is 0. The monoisotopic (exact) mass is 193 g/mol. The first-order valence-electron chi connectivity index (χ1n) is 5.61. The fourth-order valence-corrected chi connectivity index (χ4v) is 2.42. The van der Waals surface area contributed by atoms with Crippen molar-refractivity contribution in [2.75, 3.05) is 0 Å². The molecule has 2 unspecified atom stereocenters. The number of aromatic amines is 1. The molecule has 0 aliphatic heterocycles. The Balaban J connectivity index is 1.80. The Morgan fingerprint density at radius 3 is 3.21 bits per heavy atom. The summed E-state index contributed by atoms with van der Waals surface area (Å²) in [6.07, 6.45) is 9.10. The van der Waals surface area contributed by atoms with Gasteiger partial charge in [-0.2, -0.15) is 0 Å². The van der Waals surface area contributed by atoms with E-state index in [9.17, 15) is 0 Å². The van der Waals surface area contributed by atoms with E-state index in [1.54, 1.807) is 0 Å². The molecule has 1 fully saturated rings. The van der Waals surface area contributed by atoms with Crippen molar-refractivity contribution in [2.24, 2.45) is 5.92 Å². The van der Waals surface area contributed by atoms with Crippen LogP contribution in [0.15, 0.2) is 12.4 Å². The van der Waals surface area contributed by atoms with Gasteiger partial charge in [0, 0.05) is 18.4 Å². The van der Waals surface area contributed by atoms with Gasteiger partial charge in [-0.1, -0.05) is 19.8 Å². The summed E-state index contributed by atoms with van der Waals surface area (Å²) in [6, 6.07) is 0.713. The number of nitrogens with zero attached hydrogens (tertiary/aromatic N) is 1. The van der Waals surface area contributed by atoms with Gasteiger partial charge in [0.2, 0.25) is 0 Å². The first kappa shape index (κ1) is 9.71. The Bertz CT molecular complexity index is 256. The molecule has 1 aromatic rings. The number of imidazole rings is 1. The molecule has 2 rings (SSSR count). The van der Waals surface area contributed by atoms with Crippen molar-refractivity contribution in [3.8, 4) is 0 Å². The minimum Gasteiger partial charge on any atom is -0.348 e. The average molecular weight is 193 g/mol. The summed E-state index contributed by atoms with van der Waals surface area (Å²) in [7, 11) is 0. The van der Waals surface area contributed by atoms with E-state index in [4.69, 9.17) is 0 Å². The highest BCUT2D eigenvalue weighted by molar-refractivity contribution is 4.89. The van der Waals surface area contributed by atoms with Crippen molar-refractivity contribution in [3.05, 3.63) is 18.2 Å². The quantitative estimate of drug-likeness (QED) is 0.768. The van der Waals surface area contributed by atoms with Crippen molar-refractivity contribution in [2.45, 2.75) is 45.2 Å². The third kappa shape index (κ3) is 2.15. The molecule has 2 atom stereocenters. The van der Waals surface area contributed by atoms with Gasteiger partial charge in [0.05, 0.1) is 6.54 Å². The fourth-order valence-electron chi connectivity index (χ4n) is 2.42. The van der Waals surface area contributed by atoms with Crippen LogP contribution in [0, 0.1) is 5.92 Å². The maximum absolute atomic E-state index is 4.21.